The van der Waals surface area contributed by atoms with E-state index in [0.29, 0.717) is 38.2 Å². The Bertz CT molecular complexity index is 334. The van der Waals surface area contributed by atoms with Crippen molar-refractivity contribution in [3.63, 3.8) is 0 Å². The monoisotopic (exact) mass is 209 g/mol. The van der Waals surface area contributed by atoms with Gasteiger partial charge in [-0.15, -0.1) is 0 Å². The molecule has 4 nitrogen and oxygen atoms in total. The second-order valence-corrected chi connectivity index (χ2v) is 3.98. The van der Waals surface area contributed by atoms with E-state index in [4.69, 9.17) is 4.74 Å². The quantitative estimate of drug-likeness (QED) is 0.758. The third-order valence-corrected chi connectivity index (χ3v) is 2.79. The molecule has 0 spiro atoms. The maximum Gasteiger partial charge on any atom is 0.137 e. The van der Waals surface area contributed by atoms with Crippen molar-refractivity contribution in [3.05, 3.63) is 24.0 Å². The summed E-state index contributed by atoms with van der Waals surface area (Å²) in [5, 5.41) is 19.8. The lowest BCUT2D eigenvalue weighted by Crippen LogP contribution is -2.38. The van der Waals surface area contributed by atoms with E-state index in [1.54, 1.807) is 18.3 Å². The summed E-state index contributed by atoms with van der Waals surface area (Å²) in [6.07, 6.45) is 3.22. The zero-order chi connectivity index (χ0) is 10.7. The molecule has 0 amide bonds. The van der Waals surface area contributed by atoms with Gasteiger partial charge in [-0.3, -0.25) is 4.98 Å². The maximum atomic E-state index is 10.2. The number of aliphatic hydroxyl groups is 1. The Hall–Kier alpha value is -1.13. The summed E-state index contributed by atoms with van der Waals surface area (Å²) >= 11 is 0. The average molecular weight is 209 g/mol. The van der Waals surface area contributed by atoms with E-state index < -0.39 is 5.60 Å². The van der Waals surface area contributed by atoms with Crippen molar-refractivity contribution in [2.75, 3.05) is 13.2 Å². The molecule has 4 heteroatoms. The van der Waals surface area contributed by atoms with Gasteiger partial charge in [-0.05, 0) is 25.0 Å². The molecule has 0 unspecified atom stereocenters. The normalized spacial score (nSPS) is 20.1. The lowest BCUT2D eigenvalue weighted by molar-refractivity contribution is -0.0633. The number of nitrogens with zero attached hydrogens (tertiary/aromatic N) is 1. The van der Waals surface area contributed by atoms with Crippen molar-refractivity contribution in [2.24, 2.45) is 0 Å². The molecule has 1 aliphatic heterocycles. The van der Waals surface area contributed by atoms with Crippen LogP contribution in [0.3, 0.4) is 0 Å². The van der Waals surface area contributed by atoms with Crippen molar-refractivity contribution >= 4 is 0 Å². The second kappa shape index (κ2) is 4.16. The molecule has 15 heavy (non-hydrogen) atoms. The molecule has 0 saturated carbocycles. The molecule has 2 heterocycles. The van der Waals surface area contributed by atoms with Crippen LogP contribution in [0.2, 0.25) is 0 Å². The third kappa shape index (κ3) is 2.46. The minimum atomic E-state index is -0.774. The highest BCUT2D eigenvalue weighted by Crippen LogP contribution is 2.27. The molecule has 0 aromatic carbocycles. The van der Waals surface area contributed by atoms with Crippen LogP contribution in [0.5, 0.6) is 5.75 Å². The first kappa shape index (κ1) is 10.4. The summed E-state index contributed by atoms with van der Waals surface area (Å²) in [6.45, 7) is 1.15. The van der Waals surface area contributed by atoms with Gasteiger partial charge in [0, 0.05) is 25.8 Å². The maximum absolute atomic E-state index is 10.2. The molecular formula is C11H15NO3. The second-order valence-electron chi connectivity index (χ2n) is 3.98. The molecule has 1 aromatic rings. The van der Waals surface area contributed by atoms with Crippen LogP contribution in [0.15, 0.2) is 18.3 Å². The highest BCUT2D eigenvalue weighted by Gasteiger charge is 2.31. The van der Waals surface area contributed by atoms with Gasteiger partial charge in [-0.25, -0.2) is 0 Å². The van der Waals surface area contributed by atoms with Crippen molar-refractivity contribution in [1.29, 1.82) is 0 Å². The number of ether oxygens (including phenoxy) is 1. The van der Waals surface area contributed by atoms with Gasteiger partial charge in [0.25, 0.3) is 0 Å². The third-order valence-electron chi connectivity index (χ3n) is 2.79. The summed E-state index contributed by atoms with van der Waals surface area (Å²) in [7, 11) is 0. The highest BCUT2D eigenvalue weighted by atomic mass is 16.5. The first-order valence-electron chi connectivity index (χ1n) is 5.13. The molecule has 1 fully saturated rings. The minimum Gasteiger partial charge on any atom is -0.506 e. The summed E-state index contributed by atoms with van der Waals surface area (Å²) in [6, 6.07) is 3.26. The Labute approximate surface area is 88.5 Å². The van der Waals surface area contributed by atoms with Gasteiger partial charge >= 0.3 is 0 Å². The Morgan fingerprint density at radius 1 is 1.40 bits per heavy atom. The molecule has 1 aliphatic rings. The molecule has 1 saturated heterocycles. The van der Waals surface area contributed by atoms with Crippen molar-refractivity contribution in [3.8, 4) is 5.75 Å². The molecule has 0 atom stereocenters. The van der Waals surface area contributed by atoms with Gasteiger partial charge in [-0.1, -0.05) is 0 Å². The van der Waals surface area contributed by atoms with E-state index in [-0.39, 0.29) is 5.75 Å². The fraction of sp³-hybridized carbons (Fsp3) is 0.545. The van der Waals surface area contributed by atoms with Crippen LogP contribution in [0.4, 0.5) is 0 Å². The van der Waals surface area contributed by atoms with Crippen LogP contribution in [0.1, 0.15) is 18.5 Å². The van der Waals surface area contributed by atoms with E-state index in [0.717, 1.165) is 0 Å². The predicted molar refractivity (Wildman–Crippen MR) is 54.6 cm³/mol. The number of rotatable bonds is 2. The van der Waals surface area contributed by atoms with Gasteiger partial charge in [0.05, 0.1) is 11.3 Å². The molecule has 0 radical (unpaired) electrons. The number of aromatic nitrogens is 1. The van der Waals surface area contributed by atoms with Crippen LogP contribution in [-0.4, -0.2) is 34.0 Å². The lowest BCUT2D eigenvalue weighted by Gasteiger charge is -2.31. The van der Waals surface area contributed by atoms with E-state index in [2.05, 4.69) is 4.98 Å². The smallest absolute Gasteiger partial charge is 0.137 e. The number of pyridine rings is 1. The Morgan fingerprint density at radius 3 is 2.80 bits per heavy atom. The Kier molecular flexibility index (Phi) is 2.88. The van der Waals surface area contributed by atoms with Gasteiger partial charge in [-0.2, -0.15) is 0 Å². The largest absolute Gasteiger partial charge is 0.506 e. The van der Waals surface area contributed by atoms with Crippen LogP contribution in [0.25, 0.3) is 0 Å². The molecule has 82 valence electrons. The first-order valence-corrected chi connectivity index (χ1v) is 5.13. The van der Waals surface area contributed by atoms with Gasteiger partial charge in [0.2, 0.25) is 0 Å². The van der Waals surface area contributed by atoms with Gasteiger partial charge in [0.1, 0.15) is 5.75 Å². The zero-order valence-electron chi connectivity index (χ0n) is 8.52. The van der Waals surface area contributed by atoms with E-state index in [1.165, 1.54) is 0 Å². The van der Waals surface area contributed by atoms with Crippen molar-refractivity contribution < 1.29 is 14.9 Å². The van der Waals surface area contributed by atoms with E-state index in [1.807, 2.05) is 0 Å². The first-order chi connectivity index (χ1) is 7.20. The Morgan fingerprint density at radius 2 is 2.13 bits per heavy atom. The molecular weight excluding hydrogens is 194 g/mol. The summed E-state index contributed by atoms with van der Waals surface area (Å²) in [5.74, 6) is 0.150. The number of hydrogen-bond acceptors (Lipinski definition) is 4. The fourth-order valence-electron chi connectivity index (χ4n) is 1.81. The summed E-state index contributed by atoms with van der Waals surface area (Å²) in [5.41, 5.74) is -0.216. The van der Waals surface area contributed by atoms with E-state index >= 15 is 0 Å². The fourth-order valence-corrected chi connectivity index (χ4v) is 1.81. The minimum absolute atomic E-state index is 0.150. The van der Waals surface area contributed by atoms with Crippen LogP contribution < -0.4 is 0 Å². The number of aromatic hydroxyl groups is 1. The molecule has 1 aromatic heterocycles. The molecule has 2 rings (SSSR count). The topological polar surface area (TPSA) is 62.6 Å². The average Bonchev–Trinajstić information content (AvgIpc) is 2.22. The standard InChI is InChI=1S/C11H15NO3/c13-10-2-1-5-12-9(10)8-11(14)3-6-15-7-4-11/h1-2,5,13-14H,3-4,6-8H2. The van der Waals surface area contributed by atoms with Crippen LogP contribution in [0, 0.1) is 0 Å². The molecule has 0 aliphatic carbocycles. The van der Waals surface area contributed by atoms with Crippen molar-refractivity contribution in [2.45, 2.75) is 24.9 Å². The van der Waals surface area contributed by atoms with Crippen LogP contribution >= 0.6 is 0 Å². The molecule has 2 N–H and O–H groups in total. The van der Waals surface area contributed by atoms with Crippen LogP contribution in [-0.2, 0) is 11.2 Å². The zero-order valence-corrected chi connectivity index (χ0v) is 8.52. The predicted octanol–water partition coefficient (Wildman–Crippen LogP) is 0.871. The highest BCUT2D eigenvalue weighted by molar-refractivity contribution is 5.26. The Balaban J connectivity index is 2.10. The summed E-state index contributed by atoms with van der Waals surface area (Å²) in [4.78, 5) is 4.07. The van der Waals surface area contributed by atoms with E-state index in [9.17, 15) is 10.2 Å². The van der Waals surface area contributed by atoms with Gasteiger partial charge < -0.3 is 14.9 Å². The molecule has 0 bridgehead atoms. The SMILES string of the molecule is Oc1cccnc1CC1(O)CCOCC1. The summed E-state index contributed by atoms with van der Waals surface area (Å²) < 4.78 is 5.19. The number of hydrogen-bond donors (Lipinski definition) is 2. The van der Waals surface area contributed by atoms with Gasteiger partial charge in [0.15, 0.2) is 0 Å². The lowest BCUT2D eigenvalue weighted by atomic mass is 9.89. The van der Waals surface area contributed by atoms with Crippen molar-refractivity contribution in [1.82, 2.24) is 4.98 Å².